The number of hydrogen-bond donors (Lipinski definition) is 1. The van der Waals surface area contributed by atoms with Gasteiger partial charge >= 0.3 is 0 Å². The molecule has 4 nitrogen and oxygen atoms in total. The fraction of sp³-hybridized carbons (Fsp3) is 0.385. The Kier molecular flexibility index (Phi) is 4.14. The number of rotatable bonds is 4. The highest BCUT2D eigenvalue weighted by molar-refractivity contribution is 9.10. The van der Waals surface area contributed by atoms with Crippen molar-refractivity contribution in [1.29, 1.82) is 0 Å². The molecule has 1 aromatic carbocycles. The van der Waals surface area contributed by atoms with E-state index >= 15 is 0 Å². The number of aldehydes is 1. The Morgan fingerprint density at radius 3 is 2.78 bits per heavy atom. The molecule has 1 N–H and O–H groups in total. The second-order valence-electron chi connectivity index (χ2n) is 4.47. The van der Waals surface area contributed by atoms with Crippen LogP contribution in [0.5, 0.6) is 0 Å². The monoisotopic (exact) mass is 310 g/mol. The fourth-order valence-electron chi connectivity index (χ4n) is 1.84. The van der Waals surface area contributed by atoms with Gasteiger partial charge in [-0.3, -0.25) is 14.5 Å². The number of likely N-dealkylation sites (tertiary alicyclic amines) is 1. The van der Waals surface area contributed by atoms with E-state index in [1.165, 1.54) is 6.42 Å². The maximum absolute atomic E-state index is 11.8. The summed E-state index contributed by atoms with van der Waals surface area (Å²) in [6, 6.07) is 3.51. The molecule has 2 rings (SSSR count). The normalized spacial score (nSPS) is 15.0. The van der Waals surface area contributed by atoms with E-state index < -0.39 is 0 Å². The van der Waals surface area contributed by atoms with Crippen molar-refractivity contribution >= 4 is 33.8 Å². The van der Waals surface area contributed by atoms with E-state index in [1.807, 2.05) is 13.0 Å². The second kappa shape index (κ2) is 5.63. The van der Waals surface area contributed by atoms with E-state index in [2.05, 4.69) is 26.1 Å². The van der Waals surface area contributed by atoms with Crippen molar-refractivity contribution < 1.29 is 9.59 Å². The zero-order valence-corrected chi connectivity index (χ0v) is 11.8. The van der Waals surface area contributed by atoms with Gasteiger partial charge in [0, 0.05) is 15.7 Å². The van der Waals surface area contributed by atoms with Crippen LogP contribution in [0, 0.1) is 6.92 Å². The number of halogens is 1. The smallest absolute Gasteiger partial charge is 0.238 e. The molecule has 1 aliphatic heterocycles. The molecule has 0 unspecified atom stereocenters. The standard InChI is InChI=1S/C13H15BrN2O2/c1-9-10(8-17)5-11(6-12(9)14)15-13(18)7-16-3-2-4-16/h5-6,8H,2-4,7H2,1H3,(H,15,18). The molecule has 0 aromatic heterocycles. The highest BCUT2D eigenvalue weighted by Gasteiger charge is 2.17. The Morgan fingerprint density at radius 2 is 2.22 bits per heavy atom. The Bertz CT molecular complexity index is 484. The summed E-state index contributed by atoms with van der Waals surface area (Å²) in [5, 5.41) is 2.81. The Balaban J connectivity index is 2.06. The Labute approximate surface area is 114 Å². The van der Waals surface area contributed by atoms with Crippen LogP contribution in [0.4, 0.5) is 5.69 Å². The molecule has 1 saturated heterocycles. The van der Waals surface area contributed by atoms with Crippen molar-refractivity contribution in [2.75, 3.05) is 25.0 Å². The van der Waals surface area contributed by atoms with Gasteiger partial charge in [-0.2, -0.15) is 0 Å². The molecule has 0 spiro atoms. The van der Waals surface area contributed by atoms with Crippen LogP contribution < -0.4 is 5.32 Å². The highest BCUT2D eigenvalue weighted by atomic mass is 79.9. The summed E-state index contributed by atoms with van der Waals surface area (Å²) in [4.78, 5) is 24.7. The number of hydrogen-bond acceptors (Lipinski definition) is 3. The number of carbonyl (C=O) groups is 2. The predicted molar refractivity (Wildman–Crippen MR) is 74.0 cm³/mol. The zero-order chi connectivity index (χ0) is 13.1. The van der Waals surface area contributed by atoms with Crippen LogP contribution in [0.15, 0.2) is 16.6 Å². The molecule has 0 saturated carbocycles. The van der Waals surface area contributed by atoms with Crippen molar-refractivity contribution in [3.63, 3.8) is 0 Å². The molecule has 1 aliphatic rings. The van der Waals surface area contributed by atoms with Crippen LogP contribution in [-0.2, 0) is 4.79 Å². The van der Waals surface area contributed by atoms with Gasteiger partial charge in [-0.1, -0.05) is 15.9 Å². The SMILES string of the molecule is Cc1c(Br)cc(NC(=O)CN2CCC2)cc1C=O. The molecule has 1 amide bonds. The lowest BCUT2D eigenvalue weighted by molar-refractivity contribution is -0.118. The van der Waals surface area contributed by atoms with Crippen molar-refractivity contribution in [2.45, 2.75) is 13.3 Å². The molecule has 1 aromatic rings. The molecule has 0 aliphatic carbocycles. The molecule has 18 heavy (non-hydrogen) atoms. The van der Waals surface area contributed by atoms with Crippen LogP contribution >= 0.6 is 15.9 Å². The van der Waals surface area contributed by atoms with Gasteiger partial charge in [0.15, 0.2) is 0 Å². The predicted octanol–water partition coefficient (Wildman–Crippen LogP) is 2.21. The van der Waals surface area contributed by atoms with E-state index in [1.54, 1.807) is 6.07 Å². The van der Waals surface area contributed by atoms with Crippen LogP contribution in [0.2, 0.25) is 0 Å². The Hall–Kier alpha value is -1.20. The first kappa shape index (κ1) is 13.2. The number of benzene rings is 1. The molecule has 0 bridgehead atoms. The number of amides is 1. The fourth-order valence-corrected chi connectivity index (χ4v) is 2.31. The summed E-state index contributed by atoms with van der Waals surface area (Å²) in [5.41, 5.74) is 2.12. The van der Waals surface area contributed by atoms with Gasteiger partial charge < -0.3 is 5.32 Å². The average Bonchev–Trinajstić information content (AvgIpc) is 2.28. The zero-order valence-electron chi connectivity index (χ0n) is 10.2. The van der Waals surface area contributed by atoms with E-state index in [0.29, 0.717) is 17.8 Å². The average molecular weight is 311 g/mol. The van der Waals surface area contributed by atoms with Gasteiger partial charge in [-0.05, 0) is 44.1 Å². The molecule has 0 radical (unpaired) electrons. The van der Waals surface area contributed by atoms with Crippen LogP contribution in [0.1, 0.15) is 22.3 Å². The highest BCUT2D eigenvalue weighted by Crippen LogP contribution is 2.24. The quantitative estimate of drug-likeness (QED) is 0.868. The molecule has 0 atom stereocenters. The van der Waals surface area contributed by atoms with Crippen molar-refractivity contribution in [3.8, 4) is 0 Å². The summed E-state index contributed by atoms with van der Waals surface area (Å²) in [6.45, 7) is 4.26. The summed E-state index contributed by atoms with van der Waals surface area (Å²) in [7, 11) is 0. The van der Waals surface area contributed by atoms with E-state index in [-0.39, 0.29) is 5.91 Å². The second-order valence-corrected chi connectivity index (χ2v) is 5.32. The Morgan fingerprint density at radius 1 is 1.50 bits per heavy atom. The third kappa shape index (κ3) is 2.97. The maximum Gasteiger partial charge on any atom is 0.238 e. The first-order valence-corrected chi connectivity index (χ1v) is 6.67. The van der Waals surface area contributed by atoms with Gasteiger partial charge in [-0.25, -0.2) is 0 Å². The summed E-state index contributed by atoms with van der Waals surface area (Å²) in [6.07, 6.45) is 1.96. The number of nitrogens with one attached hydrogen (secondary N) is 1. The van der Waals surface area contributed by atoms with Crippen LogP contribution in [0.25, 0.3) is 0 Å². The van der Waals surface area contributed by atoms with E-state index in [4.69, 9.17) is 0 Å². The molecule has 1 heterocycles. The van der Waals surface area contributed by atoms with Gasteiger partial charge in [0.05, 0.1) is 6.54 Å². The summed E-state index contributed by atoms with van der Waals surface area (Å²) >= 11 is 3.38. The largest absolute Gasteiger partial charge is 0.325 e. The molecule has 5 heteroatoms. The van der Waals surface area contributed by atoms with Crippen molar-refractivity contribution in [2.24, 2.45) is 0 Å². The third-order valence-electron chi connectivity index (χ3n) is 3.11. The van der Waals surface area contributed by atoms with Gasteiger partial charge in [0.1, 0.15) is 6.29 Å². The van der Waals surface area contributed by atoms with Gasteiger partial charge in [0.25, 0.3) is 0 Å². The topological polar surface area (TPSA) is 49.4 Å². The first-order valence-electron chi connectivity index (χ1n) is 5.87. The van der Waals surface area contributed by atoms with Gasteiger partial charge in [-0.15, -0.1) is 0 Å². The van der Waals surface area contributed by atoms with E-state index in [9.17, 15) is 9.59 Å². The van der Waals surface area contributed by atoms with Gasteiger partial charge in [0.2, 0.25) is 5.91 Å². The van der Waals surface area contributed by atoms with Crippen molar-refractivity contribution in [1.82, 2.24) is 4.90 Å². The minimum Gasteiger partial charge on any atom is -0.325 e. The molecule has 1 fully saturated rings. The number of carbonyl (C=O) groups excluding carboxylic acids is 2. The lowest BCUT2D eigenvalue weighted by Gasteiger charge is -2.29. The third-order valence-corrected chi connectivity index (χ3v) is 3.93. The maximum atomic E-state index is 11.8. The molecular weight excluding hydrogens is 296 g/mol. The lowest BCUT2D eigenvalue weighted by atomic mass is 10.1. The van der Waals surface area contributed by atoms with Crippen LogP contribution in [-0.4, -0.2) is 36.7 Å². The van der Waals surface area contributed by atoms with Crippen molar-refractivity contribution in [3.05, 3.63) is 27.7 Å². The first-order chi connectivity index (χ1) is 8.60. The molecule has 96 valence electrons. The minimum absolute atomic E-state index is 0.0395. The lowest BCUT2D eigenvalue weighted by Crippen LogP contribution is -2.42. The minimum atomic E-state index is -0.0395. The molecular formula is C13H15BrN2O2. The number of nitrogens with zero attached hydrogens (tertiary/aromatic N) is 1. The summed E-state index contributed by atoms with van der Waals surface area (Å²) < 4.78 is 0.825. The number of anilines is 1. The van der Waals surface area contributed by atoms with Crippen LogP contribution in [0.3, 0.4) is 0 Å². The van der Waals surface area contributed by atoms with E-state index in [0.717, 1.165) is 29.4 Å². The summed E-state index contributed by atoms with van der Waals surface area (Å²) in [5.74, 6) is -0.0395.